The minimum absolute atomic E-state index is 0.323. The van der Waals surface area contributed by atoms with Crippen molar-refractivity contribution in [3.8, 4) is 0 Å². The van der Waals surface area contributed by atoms with Crippen molar-refractivity contribution in [1.29, 1.82) is 0 Å². The molecule has 1 rings (SSSR count). The SMILES string of the molecule is CC(C1CC1)N(C)CCCC(C)(C)CN. The molecule has 0 bridgehead atoms. The second-order valence-electron chi connectivity index (χ2n) is 6.03. The van der Waals surface area contributed by atoms with Gasteiger partial charge in [-0.2, -0.15) is 0 Å². The van der Waals surface area contributed by atoms with E-state index in [0.29, 0.717) is 5.41 Å². The van der Waals surface area contributed by atoms with Gasteiger partial charge < -0.3 is 10.6 Å². The zero-order chi connectivity index (χ0) is 11.5. The molecule has 0 saturated heterocycles. The second kappa shape index (κ2) is 5.31. The van der Waals surface area contributed by atoms with Crippen LogP contribution in [-0.4, -0.2) is 31.1 Å². The molecule has 0 spiro atoms. The first-order valence-corrected chi connectivity index (χ1v) is 6.36. The number of rotatable bonds is 7. The van der Waals surface area contributed by atoms with E-state index in [2.05, 4.69) is 32.7 Å². The highest BCUT2D eigenvalue weighted by molar-refractivity contribution is 4.84. The van der Waals surface area contributed by atoms with Crippen LogP contribution < -0.4 is 5.73 Å². The maximum Gasteiger partial charge on any atom is 0.00921 e. The normalized spacial score (nSPS) is 19.6. The minimum atomic E-state index is 0.323. The molecule has 1 unspecified atom stereocenters. The summed E-state index contributed by atoms with van der Waals surface area (Å²) in [5.74, 6) is 0.984. The number of nitrogens with two attached hydrogens (primary N) is 1. The van der Waals surface area contributed by atoms with Gasteiger partial charge in [0.2, 0.25) is 0 Å². The molecule has 0 radical (unpaired) electrons. The lowest BCUT2D eigenvalue weighted by molar-refractivity contribution is 0.214. The zero-order valence-electron chi connectivity index (χ0n) is 10.9. The highest BCUT2D eigenvalue weighted by Crippen LogP contribution is 2.34. The molecule has 0 aliphatic heterocycles. The smallest absolute Gasteiger partial charge is 0.00921 e. The van der Waals surface area contributed by atoms with Crippen LogP contribution in [0.4, 0.5) is 0 Å². The fraction of sp³-hybridized carbons (Fsp3) is 1.00. The highest BCUT2D eigenvalue weighted by atomic mass is 15.1. The Morgan fingerprint density at radius 1 is 1.40 bits per heavy atom. The molecule has 1 saturated carbocycles. The Morgan fingerprint density at radius 3 is 2.47 bits per heavy atom. The zero-order valence-corrected chi connectivity index (χ0v) is 10.9. The molecule has 2 nitrogen and oxygen atoms in total. The van der Waals surface area contributed by atoms with Gasteiger partial charge in [0.1, 0.15) is 0 Å². The Kier molecular flexibility index (Phi) is 4.60. The Balaban J connectivity index is 2.13. The van der Waals surface area contributed by atoms with Gasteiger partial charge in [0.25, 0.3) is 0 Å². The van der Waals surface area contributed by atoms with E-state index in [4.69, 9.17) is 5.73 Å². The van der Waals surface area contributed by atoms with Gasteiger partial charge in [-0.3, -0.25) is 0 Å². The summed E-state index contributed by atoms with van der Waals surface area (Å²) in [5.41, 5.74) is 6.05. The average Bonchev–Trinajstić information content (AvgIpc) is 2.99. The average molecular weight is 212 g/mol. The van der Waals surface area contributed by atoms with Crippen LogP contribution in [0.5, 0.6) is 0 Å². The predicted molar refractivity (Wildman–Crippen MR) is 66.9 cm³/mol. The summed E-state index contributed by atoms with van der Waals surface area (Å²) in [7, 11) is 2.26. The summed E-state index contributed by atoms with van der Waals surface area (Å²) >= 11 is 0. The van der Waals surface area contributed by atoms with Crippen LogP contribution in [-0.2, 0) is 0 Å². The fourth-order valence-electron chi connectivity index (χ4n) is 2.05. The van der Waals surface area contributed by atoms with Crippen LogP contribution in [0.25, 0.3) is 0 Å². The molecule has 1 fully saturated rings. The molecule has 15 heavy (non-hydrogen) atoms. The quantitative estimate of drug-likeness (QED) is 0.702. The van der Waals surface area contributed by atoms with Crippen molar-refractivity contribution < 1.29 is 0 Å². The maximum atomic E-state index is 5.73. The van der Waals surface area contributed by atoms with Crippen LogP contribution in [0, 0.1) is 11.3 Å². The Morgan fingerprint density at radius 2 is 2.00 bits per heavy atom. The molecule has 0 aromatic heterocycles. The number of hydrogen-bond acceptors (Lipinski definition) is 2. The van der Waals surface area contributed by atoms with Crippen molar-refractivity contribution in [2.45, 2.75) is 52.5 Å². The van der Waals surface area contributed by atoms with E-state index < -0.39 is 0 Å². The van der Waals surface area contributed by atoms with Gasteiger partial charge in [0, 0.05) is 6.04 Å². The van der Waals surface area contributed by atoms with Crippen LogP contribution >= 0.6 is 0 Å². The van der Waals surface area contributed by atoms with Crippen molar-refractivity contribution in [3.63, 3.8) is 0 Å². The molecule has 1 atom stereocenters. The lowest BCUT2D eigenvalue weighted by Crippen LogP contribution is -2.32. The van der Waals surface area contributed by atoms with Crippen molar-refractivity contribution in [3.05, 3.63) is 0 Å². The molecular formula is C13H28N2. The topological polar surface area (TPSA) is 29.3 Å². The Labute approximate surface area is 95.2 Å². The van der Waals surface area contributed by atoms with Gasteiger partial charge in [0.05, 0.1) is 0 Å². The highest BCUT2D eigenvalue weighted by Gasteiger charge is 2.30. The molecule has 1 aliphatic carbocycles. The molecule has 2 heteroatoms. The Hall–Kier alpha value is -0.0800. The van der Waals surface area contributed by atoms with Crippen LogP contribution in [0.2, 0.25) is 0 Å². The lowest BCUT2D eigenvalue weighted by Gasteiger charge is -2.27. The lowest BCUT2D eigenvalue weighted by atomic mass is 9.88. The van der Waals surface area contributed by atoms with E-state index in [1.807, 2.05) is 0 Å². The van der Waals surface area contributed by atoms with E-state index in [9.17, 15) is 0 Å². The molecule has 1 aliphatic rings. The minimum Gasteiger partial charge on any atom is -0.330 e. The van der Waals surface area contributed by atoms with E-state index in [0.717, 1.165) is 18.5 Å². The Bertz CT molecular complexity index is 185. The summed E-state index contributed by atoms with van der Waals surface area (Å²) < 4.78 is 0. The first-order valence-electron chi connectivity index (χ1n) is 6.36. The van der Waals surface area contributed by atoms with E-state index in [1.165, 1.54) is 32.2 Å². The van der Waals surface area contributed by atoms with Crippen LogP contribution in [0.1, 0.15) is 46.5 Å². The third kappa shape index (κ3) is 4.52. The summed E-state index contributed by atoms with van der Waals surface area (Å²) in [6.07, 6.45) is 5.41. The van der Waals surface area contributed by atoms with Crippen molar-refractivity contribution >= 4 is 0 Å². The third-order valence-corrected chi connectivity index (χ3v) is 3.92. The van der Waals surface area contributed by atoms with E-state index in [1.54, 1.807) is 0 Å². The molecule has 0 heterocycles. The van der Waals surface area contributed by atoms with Crippen LogP contribution in [0.15, 0.2) is 0 Å². The van der Waals surface area contributed by atoms with Gasteiger partial charge >= 0.3 is 0 Å². The number of nitrogens with zero attached hydrogens (tertiary/aromatic N) is 1. The molecule has 2 N–H and O–H groups in total. The van der Waals surface area contributed by atoms with Gasteiger partial charge in [-0.15, -0.1) is 0 Å². The monoisotopic (exact) mass is 212 g/mol. The molecule has 90 valence electrons. The third-order valence-electron chi connectivity index (χ3n) is 3.92. The summed E-state index contributed by atoms with van der Waals surface area (Å²) in [5, 5.41) is 0. The van der Waals surface area contributed by atoms with Gasteiger partial charge in [-0.05, 0) is 64.1 Å². The first-order chi connectivity index (χ1) is 6.96. The van der Waals surface area contributed by atoms with Gasteiger partial charge in [-0.1, -0.05) is 13.8 Å². The standard InChI is InChI=1S/C13H28N2/c1-11(12-6-7-12)15(4)9-5-8-13(2,3)10-14/h11-12H,5-10,14H2,1-4H3. The van der Waals surface area contributed by atoms with Crippen molar-refractivity contribution in [2.75, 3.05) is 20.1 Å². The molecular weight excluding hydrogens is 184 g/mol. The van der Waals surface area contributed by atoms with E-state index >= 15 is 0 Å². The van der Waals surface area contributed by atoms with Gasteiger partial charge in [0.15, 0.2) is 0 Å². The van der Waals surface area contributed by atoms with Crippen molar-refractivity contribution in [2.24, 2.45) is 17.1 Å². The van der Waals surface area contributed by atoms with E-state index in [-0.39, 0.29) is 0 Å². The number of hydrogen-bond donors (Lipinski definition) is 1. The first kappa shape index (κ1) is 13.0. The largest absolute Gasteiger partial charge is 0.330 e. The fourth-order valence-corrected chi connectivity index (χ4v) is 2.05. The molecule has 0 aromatic carbocycles. The summed E-state index contributed by atoms with van der Waals surface area (Å²) in [6, 6.07) is 0.783. The predicted octanol–water partition coefficient (Wildman–Crippen LogP) is 2.48. The van der Waals surface area contributed by atoms with Crippen molar-refractivity contribution in [1.82, 2.24) is 4.90 Å². The second-order valence-corrected chi connectivity index (χ2v) is 6.03. The summed E-state index contributed by atoms with van der Waals surface area (Å²) in [6.45, 7) is 8.91. The summed E-state index contributed by atoms with van der Waals surface area (Å²) in [4.78, 5) is 2.52. The molecule has 0 amide bonds. The van der Waals surface area contributed by atoms with Crippen LogP contribution in [0.3, 0.4) is 0 Å². The molecule has 0 aromatic rings. The van der Waals surface area contributed by atoms with Gasteiger partial charge in [-0.25, -0.2) is 0 Å². The maximum absolute atomic E-state index is 5.73.